The topological polar surface area (TPSA) is 36.3 Å². The zero-order chi connectivity index (χ0) is 15.9. The van der Waals surface area contributed by atoms with Crippen molar-refractivity contribution in [1.82, 2.24) is 9.78 Å². The van der Waals surface area contributed by atoms with Crippen LogP contribution in [0.4, 0.5) is 0 Å². The first-order valence-corrected chi connectivity index (χ1v) is 8.58. The van der Waals surface area contributed by atoms with E-state index in [9.17, 15) is 0 Å². The Hall–Kier alpha value is -1.65. The van der Waals surface area contributed by atoms with Crippen LogP contribution in [0.2, 0.25) is 0 Å². The van der Waals surface area contributed by atoms with Gasteiger partial charge >= 0.3 is 0 Å². The van der Waals surface area contributed by atoms with Gasteiger partial charge in [-0.1, -0.05) is 30.2 Å². The summed E-state index contributed by atoms with van der Waals surface area (Å²) in [7, 11) is 1.99. The van der Waals surface area contributed by atoms with Gasteiger partial charge in [0, 0.05) is 25.5 Å². The summed E-state index contributed by atoms with van der Waals surface area (Å²) in [4.78, 5) is 0. The van der Waals surface area contributed by atoms with E-state index in [4.69, 9.17) is 9.47 Å². The third kappa shape index (κ3) is 2.81. The molecule has 2 aromatic rings. The Bertz CT molecular complexity index is 701. The molecular weight excluding hydrogens is 288 g/mol. The van der Waals surface area contributed by atoms with E-state index in [2.05, 4.69) is 42.4 Å². The van der Waals surface area contributed by atoms with Crippen molar-refractivity contribution in [1.29, 1.82) is 0 Å². The highest BCUT2D eigenvalue weighted by atomic mass is 16.7. The predicted octanol–water partition coefficient (Wildman–Crippen LogP) is 4.14. The molecule has 1 spiro atoms. The van der Waals surface area contributed by atoms with E-state index in [1.807, 2.05) is 11.7 Å². The van der Waals surface area contributed by atoms with Gasteiger partial charge in [0.1, 0.15) is 6.10 Å². The van der Waals surface area contributed by atoms with Gasteiger partial charge in [0.2, 0.25) is 0 Å². The number of ether oxygens (including phenoxy) is 2. The molecule has 0 amide bonds. The van der Waals surface area contributed by atoms with E-state index >= 15 is 0 Å². The number of rotatable bonds is 2. The van der Waals surface area contributed by atoms with Crippen molar-refractivity contribution < 1.29 is 9.47 Å². The summed E-state index contributed by atoms with van der Waals surface area (Å²) in [5.41, 5.74) is 4.50. The number of nitrogens with zero attached hydrogens (tertiary/aromatic N) is 2. The van der Waals surface area contributed by atoms with Gasteiger partial charge in [-0.25, -0.2) is 0 Å². The first-order valence-electron chi connectivity index (χ1n) is 8.58. The molecule has 1 aromatic heterocycles. The van der Waals surface area contributed by atoms with E-state index in [0.717, 1.165) is 29.8 Å². The molecule has 0 bridgehead atoms. The third-order valence-corrected chi connectivity index (χ3v) is 5.03. The van der Waals surface area contributed by atoms with Crippen molar-refractivity contribution in [2.75, 3.05) is 6.61 Å². The summed E-state index contributed by atoms with van der Waals surface area (Å²) in [5.74, 6) is -0.337. The van der Waals surface area contributed by atoms with Crippen molar-refractivity contribution in [3.8, 4) is 11.3 Å². The van der Waals surface area contributed by atoms with E-state index in [1.54, 1.807) is 0 Å². The van der Waals surface area contributed by atoms with Crippen molar-refractivity contribution >= 4 is 0 Å². The Kier molecular flexibility index (Phi) is 3.74. The normalized spacial score (nSPS) is 23.5. The number of aryl methyl sites for hydroxylation is 2. The second kappa shape index (κ2) is 5.77. The summed E-state index contributed by atoms with van der Waals surface area (Å²) in [5, 5.41) is 4.68. The molecule has 1 saturated carbocycles. The summed E-state index contributed by atoms with van der Waals surface area (Å²) in [6.45, 7) is 2.74. The number of benzene rings is 1. The van der Waals surface area contributed by atoms with Crippen LogP contribution >= 0.6 is 0 Å². The first kappa shape index (κ1) is 14.9. The fourth-order valence-electron chi connectivity index (χ4n) is 3.78. The fourth-order valence-corrected chi connectivity index (χ4v) is 3.78. The lowest BCUT2D eigenvalue weighted by Gasteiger charge is -2.31. The molecule has 1 saturated heterocycles. The molecule has 4 nitrogen and oxygen atoms in total. The molecule has 1 aliphatic carbocycles. The number of hydrogen-bond donors (Lipinski definition) is 0. The smallest absolute Gasteiger partial charge is 0.169 e. The summed E-state index contributed by atoms with van der Waals surface area (Å²) >= 11 is 0. The molecule has 1 unspecified atom stereocenters. The van der Waals surface area contributed by atoms with Crippen molar-refractivity contribution in [3.63, 3.8) is 0 Å². The molecule has 2 heterocycles. The molecule has 2 aliphatic rings. The van der Waals surface area contributed by atoms with Crippen LogP contribution in [0.15, 0.2) is 30.3 Å². The van der Waals surface area contributed by atoms with Gasteiger partial charge in [-0.05, 0) is 31.9 Å². The number of hydrogen-bond acceptors (Lipinski definition) is 3. The van der Waals surface area contributed by atoms with E-state index in [-0.39, 0.29) is 11.9 Å². The van der Waals surface area contributed by atoms with Gasteiger partial charge in [0.05, 0.1) is 18.0 Å². The molecule has 1 atom stereocenters. The molecule has 2 fully saturated rings. The highest BCUT2D eigenvalue weighted by Gasteiger charge is 2.43. The first-order chi connectivity index (χ1) is 11.2. The maximum atomic E-state index is 6.35. The maximum Gasteiger partial charge on any atom is 0.169 e. The van der Waals surface area contributed by atoms with Crippen LogP contribution in [-0.4, -0.2) is 22.2 Å². The SMILES string of the molecule is Cc1cccc(-c2cc(C3COC4(CCCCC4)O3)n(C)n2)c1. The molecule has 0 N–H and O–H groups in total. The minimum atomic E-state index is -0.337. The summed E-state index contributed by atoms with van der Waals surface area (Å²) in [6.07, 6.45) is 5.73. The molecule has 4 rings (SSSR count). The molecule has 4 heteroatoms. The largest absolute Gasteiger partial charge is 0.347 e. The van der Waals surface area contributed by atoms with Gasteiger partial charge in [-0.3, -0.25) is 4.68 Å². The van der Waals surface area contributed by atoms with Crippen LogP contribution in [0, 0.1) is 6.92 Å². The average Bonchev–Trinajstić information content (AvgIpc) is 3.12. The second-order valence-electron chi connectivity index (χ2n) is 6.84. The Morgan fingerprint density at radius 2 is 2.00 bits per heavy atom. The minimum absolute atomic E-state index is 0.0100. The monoisotopic (exact) mass is 312 g/mol. The van der Waals surface area contributed by atoms with Crippen LogP contribution in [0.25, 0.3) is 11.3 Å². The zero-order valence-corrected chi connectivity index (χ0v) is 13.9. The standard InChI is InChI=1S/C19H24N2O2/c1-14-7-6-8-15(11-14)16-12-17(21(2)20-16)18-13-22-19(23-18)9-4-3-5-10-19/h6-8,11-12,18H,3-5,9-10,13H2,1-2H3. The average molecular weight is 312 g/mol. The van der Waals surface area contributed by atoms with E-state index in [1.165, 1.54) is 24.8 Å². The lowest BCUT2D eigenvalue weighted by molar-refractivity contribution is -0.188. The summed E-state index contributed by atoms with van der Waals surface area (Å²) in [6, 6.07) is 10.6. The molecule has 23 heavy (non-hydrogen) atoms. The summed E-state index contributed by atoms with van der Waals surface area (Å²) < 4.78 is 14.4. The maximum absolute atomic E-state index is 6.35. The van der Waals surface area contributed by atoms with Crippen LogP contribution in [0.1, 0.15) is 49.5 Å². The molecule has 1 aliphatic heterocycles. The Balaban J connectivity index is 1.58. The van der Waals surface area contributed by atoms with Crippen molar-refractivity contribution in [2.45, 2.75) is 50.9 Å². The van der Waals surface area contributed by atoms with Gasteiger partial charge in [-0.15, -0.1) is 0 Å². The van der Waals surface area contributed by atoms with Gasteiger partial charge < -0.3 is 9.47 Å². The fraction of sp³-hybridized carbons (Fsp3) is 0.526. The second-order valence-corrected chi connectivity index (χ2v) is 6.84. The van der Waals surface area contributed by atoms with Crippen LogP contribution < -0.4 is 0 Å². The Labute approximate surface area is 137 Å². The van der Waals surface area contributed by atoms with E-state index < -0.39 is 0 Å². The highest BCUT2D eigenvalue weighted by molar-refractivity contribution is 5.60. The van der Waals surface area contributed by atoms with Crippen LogP contribution in [-0.2, 0) is 16.5 Å². The quantitative estimate of drug-likeness (QED) is 0.836. The molecule has 0 radical (unpaired) electrons. The molecule has 122 valence electrons. The molecule has 1 aromatic carbocycles. The highest BCUT2D eigenvalue weighted by Crippen LogP contribution is 2.42. The van der Waals surface area contributed by atoms with Gasteiger partial charge in [0.15, 0.2) is 5.79 Å². The van der Waals surface area contributed by atoms with Crippen molar-refractivity contribution in [3.05, 3.63) is 41.6 Å². The lowest BCUT2D eigenvalue weighted by atomic mass is 9.94. The predicted molar refractivity (Wildman–Crippen MR) is 89.0 cm³/mol. The van der Waals surface area contributed by atoms with Gasteiger partial charge in [0.25, 0.3) is 0 Å². The lowest BCUT2D eigenvalue weighted by Crippen LogP contribution is -2.32. The van der Waals surface area contributed by atoms with Gasteiger partial charge in [-0.2, -0.15) is 5.10 Å². The van der Waals surface area contributed by atoms with Crippen LogP contribution in [0.5, 0.6) is 0 Å². The van der Waals surface area contributed by atoms with Crippen molar-refractivity contribution in [2.24, 2.45) is 7.05 Å². The van der Waals surface area contributed by atoms with E-state index in [0.29, 0.717) is 6.61 Å². The Morgan fingerprint density at radius 1 is 1.17 bits per heavy atom. The minimum Gasteiger partial charge on any atom is -0.347 e. The molecular formula is C19H24N2O2. The third-order valence-electron chi connectivity index (χ3n) is 5.03. The number of aromatic nitrogens is 2. The Morgan fingerprint density at radius 3 is 2.78 bits per heavy atom. The zero-order valence-electron chi connectivity index (χ0n) is 13.9. The van der Waals surface area contributed by atoms with Crippen LogP contribution in [0.3, 0.4) is 0 Å².